The van der Waals surface area contributed by atoms with Gasteiger partial charge in [0.2, 0.25) is 11.1 Å². The summed E-state index contributed by atoms with van der Waals surface area (Å²) in [6.45, 7) is 3.35. The van der Waals surface area contributed by atoms with Gasteiger partial charge in [-0.15, -0.1) is 5.10 Å². The standard InChI is InChI=1S/C17H21N5O2S/c1-11(23)13-7-9-14(10-8-13)18-16(24)12(2)25-17-19-20-21-22(17)15-5-3-4-6-15/h7-10,12,15H,3-6H2,1-2H3,(H,18,24). The van der Waals surface area contributed by atoms with Crippen molar-refractivity contribution in [2.75, 3.05) is 5.32 Å². The first kappa shape index (κ1) is 17.6. The smallest absolute Gasteiger partial charge is 0.237 e. The first-order chi connectivity index (χ1) is 12.0. The fraction of sp³-hybridized carbons (Fsp3) is 0.471. The number of ketones is 1. The van der Waals surface area contributed by atoms with Crippen LogP contribution in [0.1, 0.15) is 55.9 Å². The van der Waals surface area contributed by atoms with Crippen LogP contribution in [0, 0.1) is 0 Å². The largest absolute Gasteiger partial charge is 0.325 e. The van der Waals surface area contributed by atoms with Crippen molar-refractivity contribution in [3.8, 4) is 0 Å². The third-order valence-corrected chi connectivity index (χ3v) is 5.39. The third-order valence-electron chi connectivity index (χ3n) is 4.34. The first-order valence-electron chi connectivity index (χ1n) is 8.41. The fourth-order valence-electron chi connectivity index (χ4n) is 2.88. The van der Waals surface area contributed by atoms with E-state index in [1.807, 2.05) is 11.6 Å². The van der Waals surface area contributed by atoms with Gasteiger partial charge in [0.15, 0.2) is 5.78 Å². The second kappa shape index (κ2) is 7.77. The van der Waals surface area contributed by atoms with Crippen LogP contribution in [0.5, 0.6) is 0 Å². The van der Waals surface area contributed by atoms with Gasteiger partial charge >= 0.3 is 0 Å². The van der Waals surface area contributed by atoms with Crippen LogP contribution in [-0.4, -0.2) is 37.1 Å². The zero-order chi connectivity index (χ0) is 17.8. The van der Waals surface area contributed by atoms with Gasteiger partial charge in [-0.25, -0.2) is 4.68 Å². The lowest BCUT2D eigenvalue weighted by Crippen LogP contribution is -2.23. The molecule has 132 valence electrons. The highest BCUT2D eigenvalue weighted by Gasteiger charge is 2.24. The van der Waals surface area contributed by atoms with Gasteiger partial charge in [0.1, 0.15) is 0 Å². The van der Waals surface area contributed by atoms with E-state index in [0.29, 0.717) is 22.4 Å². The molecule has 0 aliphatic heterocycles. The summed E-state index contributed by atoms with van der Waals surface area (Å²) in [4.78, 5) is 23.7. The van der Waals surface area contributed by atoms with Crippen LogP contribution in [0.25, 0.3) is 0 Å². The zero-order valence-electron chi connectivity index (χ0n) is 14.3. The van der Waals surface area contributed by atoms with E-state index in [4.69, 9.17) is 0 Å². The van der Waals surface area contributed by atoms with Crippen LogP contribution in [0.2, 0.25) is 0 Å². The normalized spacial score (nSPS) is 15.9. The molecule has 8 heteroatoms. The summed E-state index contributed by atoms with van der Waals surface area (Å²) in [5, 5.41) is 15.1. The van der Waals surface area contributed by atoms with Crippen LogP contribution >= 0.6 is 11.8 Å². The molecule has 1 aliphatic rings. The number of nitrogens with one attached hydrogen (secondary N) is 1. The Hall–Kier alpha value is -2.22. The molecule has 0 spiro atoms. The van der Waals surface area contributed by atoms with Crippen LogP contribution < -0.4 is 5.32 Å². The summed E-state index contributed by atoms with van der Waals surface area (Å²) >= 11 is 1.36. The molecule has 1 atom stereocenters. The molecule has 1 aromatic heterocycles. The molecule has 0 bridgehead atoms. The second-order valence-corrected chi connectivity index (χ2v) is 7.54. The molecule has 0 radical (unpaired) electrons. The minimum absolute atomic E-state index is 0.000509. The number of hydrogen-bond donors (Lipinski definition) is 1. The summed E-state index contributed by atoms with van der Waals surface area (Å²) < 4.78 is 1.85. The van der Waals surface area contributed by atoms with E-state index in [-0.39, 0.29) is 16.9 Å². The van der Waals surface area contributed by atoms with E-state index in [2.05, 4.69) is 20.8 Å². The minimum Gasteiger partial charge on any atom is -0.325 e. The lowest BCUT2D eigenvalue weighted by molar-refractivity contribution is -0.115. The number of nitrogens with zero attached hydrogens (tertiary/aromatic N) is 4. The molecule has 1 aromatic carbocycles. The average molecular weight is 359 g/mol. The van der Waals surface area contributed by atoms with Crippen molar-refractivity contribution >= 4 is 29.1 Å². The average Bonchev–Trinajstić information content (AvgIpc) is 3.26. The van der Waals surface area contributed by atoms with E-state index in [1.54, 1.807) is 24.3 Å². The van der Waals surface area contributed by atoms with Gasteiger partial charge in [-0.05, 0) is 61.4 Å². The maximum absolute atomic E-state index is 12.4. The Morgan fingerprint density at radius 3 is 2.56 bits per heavy atom. The van der Waals surface area contributed by atoms with Crippen LogP contribution in [0.4, 0.5) is 5.69 Å². The topological polar surface area (TPSA) is 89.8 Å². The van der Waals surface area contributed by atoms with Gasteiger partial charge in [-0.1, -0.05) is 24.6 Å². The number of thioether (sulfide) groups is 1. The highest BCUT2D eigenvalue weighted by atomic mass is 32.2. The summed E-state index contributed by atoms with van der Waals surface area (Å²) in [6.07, 6.45) is 4.56. The molecule has 1 amide bonds. The van der Waals surface area contributed by atoms with Crippen molar-refractivity contribution in [3.05, 3.63) is 29.8 Å². The number of carbonyl (C=O) groups is 2. The Balaban J connectivity index is 1.61. The molecule has 2 aromatic rings. The molecular formula is C17H21N5O2S. The SMILES string of the molecule is CC(=O)c1ccc(NC(=O)C(C)Sc2nnnn2C2CCCC2)cc1. The number of anilines is 1. The Kier molecular flexibility index (Phi) is 5.47. The Labute approximate surface area is 150 Å². The van der Waals surface area contributed by atoms with Crippen molar-refractivity contribution in [1.29, 1.82) is 0 Å². The van der Waals surface area contributed by atoms with Crippen LogP contribution in [0.15, 0.2) is 29.4 Å². The molecular weight excluding hydrogens is 338 g/mol. The highest BCUT2D eigenvalue weighted by molar-refractivity contribution is 8.00. The summed E-state index contributed by atoms with van der Waals surface area (Å²) in [5.41, 5.74) is 1.29. The van der Waals surface area contributed by atoms with Crippen molar-refractivity contribution in [1.82, 2.24) is 20.2 Å². The number of hydrogen-bond acceptors (Lipinski definition) is 6. The number of carbonyl (C=O) groups excluding carboxylic acids is 2. The van der Waals surface area contributed by atoms with E-state index >= 15 is 0 Å². The number of aromatic nitrogens is 4. The number of amides is 1. The van der Waals surface area contributed by atoms with Crippen molar-refractivity contribution in [2.45, 2.75) is 56.0 Å². The van der Waals surface area contributed by atoms with Gasteiger partial charge < -0.3 is 5.32 Å². The van der Waals surface area contributed by atoms with E-state index in [0.717, 1.165) is 12.8 Å². The number of tetrazole rings is 1. The quantitative estimate of drug-likeness (QED) is 0.629. The van der Waals surface area contributed by atoms with Crippen molar-refractivity contribution in [2.24, 2.45) is 0 Å². The van der Waals surface area contributed by atoms with Gasteiger partial charge in [0.25, 0.3) is 0 Å². The van der Waals surface area contributed by atoms with Gasteiger partial charge in [0.05, 0.1) is 11.3 Å². The van der Waals surface area contributed by atoms with Gasteiger partial charge in [0, 0.05) is 11.3 Å². The Morgan fingerprint density at radius 2 is 1.92 bits per heavy atom. The molecule has 1 N–H and O–H groups in total. The summed E-state index contributed by atoms with van der Waals surface area (Å²) in [5.74, 6) is -0.123. The maximum atomic E-state index is 12.4. The molecule has 3 rings (SSSR count). The molecule has 0 saturated heterocycles. The summed E-state index contributed by atoms with van der Waals surface area (Å²) in [6, 6.07) is 7.21. The molecule has 7 nitrogen and oxygen atoms in total. The lowest BCUT2D eigenvalue weighted by Gasteiger charge is -2.14. The number of rotatable bonds is 6. The van der Waals surface area contributed by atoms with Crippen molar-refractivity contribution in [3.63, 3.8) is 0 Å². The van der Waals surface area contributed by atoms with Crippen LogP contribution in [-0.2, 0) is 4.79 Å². The maximum Gasteiger partial charge on any atom is 0.237 e. The zero-order valence-corrected chi connectivity index (χ0v) is 15.1. The van der Waals surface area contributed by atoms with Gasteiger partial charge in [-0.3, -0.25) is 9.59 Å². The van der Waals surface area contributed by atoms with E-state index in [9.17, 15) is 9.59 Å². The fourth-order valence-corrected chi connectivity index (χ4v) is 3.74. The first-order valence-corrected chi connectivity index (χ1v) is 9.29. The number of Topliss-reactive ketones (excluding diaryl/α,β-unsaturated/α-hetero) is 1. The minimum atomic E-state index is -0.335. The number of benzene rings is 1. The highest BCUT2D eigenvalue weighted by Crippen LogP contribution is 2.32. The third kappa shape index (κ3) is 4.25. The summed E-state index contributed by atoms with van der Waals surface area (Å²) in [7, 11) is 0. The molecule has 1 unspecified atom stereocenters. The molecule has 1 fully saturated rings. The second-order valence-electron chi connectivity index (χ2n) is 6.23. The molecule has 1 heterocycles. The van der Waals surface area contributed by atoms with Gasteiger partial charge in [-0.2, -0.15) is 0 Å². The Morgan fingerprint density at radius 1 is 1.24 bits per heavy atom. The molecule has 1 saturated carbocycles. The van der Waals surface area contributed by atoms with Crippen LogP contribution in [0.3, 0.4) is 0 Å². The molecule has 1 aliphatic carbocycles. The predicted octanol–water partition coefficient (Wildman–Crippen LogP) is 3.11. The lowest BCUT2D eigenvalue weighted by atomic mass is 10.1. The van der Waals surface area contributed by atoms with E-state index < -0.39 is 0 Å². The predicted molar refractivity (Wildman–Crippen MR) is 95.7 cm³/mol. The van der Waals surface area contributed by atoms with E-state index in [1.165, 1.54) is 31.5 Å². The Bertz CT molecular complexity index is 753. The molecule has 25 heavy (non-hydrogen) atoms. The monoisotopic (exact) mass is 359 g/mol. The van der Waals surface area contributed by atoms with Crippen molar-refractivity contribution < 1.29 is 9.59 Å².